The molecule has 0 bridgehead atoms. The molecule has 0 radical (unpaired) electrons. The molecular formula is C17H28N2. The Bertz CT molecular complexity index is 408. The van der Waals surface area contributed by atoms with Gasteiger partial charge in [0.15, 0.2) is 0 Å². The number of rotatable bonds is 4. The standard InChI is InChI=1S/C17H28N2/c1-13-7-8-16(14(2)11-13)15(3)17(12-18)19-9-5-4-6-10-19/h7-8,11,15,17H,4-6,9-10,12,18H2,1-3H3. The van der Waals surface area contributed by atoms with Crippen molar-refractivity contribution in [2.45, 2.75) is 52.0 Å². The predicted molar refractivity (Wildman–Crippen MR) is 82.6 cm³/mol. The molecule has 0 spiro atoms. The van der Waals surface area contributed by atoms with Crippen LogP contribution in [0.3, 0.4) is 0 Å². The van der Waals surface area contributed by atoms with Crippen molar-refractivity contribution in [3.05, 3.63) is 34.9 Å². The fourth-order valence-corrected chi connectivity index (χ4v) is 3.46. The number of nitrogens with two attached hydrogens (primary N) is 1. The van der Waals surface area contributed by atoms with Gasteiger partial charge in [-0.1, -0.05) is 37.1 Å². The molecule has 1 aromatic carbocycles. The van der Waals surface area contributed by atoms with Gasteiger partial charge in [-0.3, -0.25) is 4.90 Å². The lowest BCUT2D eigenvalue weighted by Crippen LogP contribution is -2.46. The van der Waals surface area contributed by atoms with Crippen molar-refractivity contribution in [3.8, 4) is 0 Å². The predicted octanol–water partition coefficient (Wildman–Crippen LogP) is 3.22. The smallest absolute Gasteiger partial charge is 0.0284 e. The molecule has 0 saturated carbocycles. The summed E-state index contributed by atoms with van der Waals surface area (Å²) in [4.78, 5) is 2.60. The van der Waals surface area contributed by atoms with Gasteiger partial charge < -0.3 is 5.73 Å². The Hall–Kier alpha value is -0.860. The first-order chi connectivity index (χ1) is 9.13. The molecule has 0 aromatic heterocycles. The van der Waals surface area contributed by atoms with Gasteiger partial charge in [-0.15, -0.1) is 0 Å². The molecule has 1 aliphatic heterocycles. The lowest BCUT2D eigenvalue weighted by Gasteiger charge is -2.38. The molecule has 1 heterocycles. The van der Waals surface area contributed by atoms with E-state index in [1.807, 2.05) is 0 Å². The van der Waals surface area contributed by atoms with Gasteiger partial charge in [0, 0.05) is 12.6 Å². The van der Waals surface area contributed by atoms with Crippen LogP contribution in [-0.2, 0) is 0 Å². The summed E-state index contributed by atoms with van der Waals surface area (Å²) in [5, 5.41) is 0. The quantitative estimate of drug-likeness (QED) is 0.900. The maximum Gasteiger partial charge on any atom is 0.0284 e. The van der Waals surface area contributed by atoms with Crippen LogP contribution < -0.4 is 5.73 Å². The molecule has 106 valence electrons. The van der Waals surface area contributed by atoms with Crippen LogP contribution in [0.4, 0.5) is 0 Å². The Balaban J connectivity index is 2.17. The minimum atomic E-state index is 0.488. The van der Waals surface area contributed by atoms with E-state index in [4.69, 9.17) is 5.73 Å². The van der Waals surface area contributed by atoms with Crippen molar-refractivity contribution in [1.29, 1.82) is 0 Å². The van der Waals surface area contributed by atoms with Crippen LogP contribution in [0.15, 0.2) is 18.2 Å². The minimum absolute atomic E-state index is 0.488. The Labute approximate surface area is 118 Å². The maximum atomic E-state index is 6.08. The summed E-state index contributed by atoms with van der Waals surface area (Å²) in [5.74, 6) is 0.517. The summed E-state index contributed by atoms with van der Waals surface area (Å²) in [6, 6.07) is 7.29. The third-order valence-electron chi connectivity index (χ3n) is 4.59. The SMILES string of the molecule is Cc1ccc(C(C)C(CN)N2CCCCC2)c(C)c1. The Kier molecular flexibility index (Phi) is 5.00. The molecule has 2 heteroatoms. The first-order valence-electron chi connectivity index (χ1n) is 7.64. The van der Waals surface area contributed by atoms with Crippen molar-refractivity contribution < 1.29 is 0 Å². The number of aryl methyl sites for hydroxylation is 2. The van der Waals surface area contributed by atoms with E-state index in [0.717, 1.165) is 6.54 Å². The topological polar surface area (TPSA) is 29.3 Å². The van der Waals surface area contributed by atoms with E-state index in [2.05, 4.69) is 43.9 Å². The van der Waals surface area contributed by atoms with Gasteiger partial charge in [-0.05, 0) is 56.8 Å². The molecule has 2 unspecified atom stereocenters. The van der Waals surface area contributed by atoms with Crippen molar-refractivity contribution in [2.75, 3.05) is 19.6 Å². The van der Waals surface area contributed by atoms with Gasteiger partial charge >= 0.3 is 0 Å². The van der Waals surface area contributed by atoms with Gasteiger partial charge in [0.05, 0.1) is 0 Å². The van der Waals surface area contributed by atoms with Gasteiger partial charge in [-0.25, -0.2) is 0 Å². The molecule has 0 aliphatic carbocycles. The van der Waals surface area contributed by atoms with E-state index in [1.165, 1.54) is 49.0 Å². The maximum absolute atomic E-state index is 6.08. The van der Waals surface area contributed by atoms with Gasteiger partial charge in [0.1, 0.15) is 0 Å². The highest BCUT2D eigenvalue weighted by Gasteiger charge is 2.26. The van der Waals surface area contributed by atoms with Crippen LogP contribution in [0.5, 0.6) is 0 Å². The van der Waals surface area contributed by atoms with Crippen molar-refractivity contribution in [3.63, 3.8) is 0 Å². The summed E-state index contributed by atoms with van der Waals surface area (Å²) in [6.07, 6.45) is 4.04. The molecule has 1 aliphatic rings. The second-order valence-electron chi connectivity index (χ2n) is 6.05. The highest BCUT2D eigenvalue weighted by molar-refractivity contribution is 5.33. The van der Waals surface area contributed by atoms with E-state index in [1.54, 1.807) is 0 Å². The Morgan fingerprint density at radius 1 is 1.16 bits per heavy atom. The van der Waals surface area contributed by atoms with E-state index in [-0.39, 0.29) is 0 Å². The van der Waals surface area contributed by atoms with Crippen molar-refractivity contribution in [1.82, 2.24) is 4.90 Å². The summed E-state index contributed by atoms with van der Waals surface area (Å²) in [6.45, 7) is 9.92. The van der Waals surface area contributed by atoms with Crippen LogP contribution in [0.1, 0.15) is 48.8 Å². The van der Waals surface area contributed by atoms with Crippen molar-refractivity contribution >= 4 is 0 Å². The first-order valence-corrected chi connectivity index (χ1v) is 7.64. The summed E-state index contributed by atoms with van der Waals surface area (Å²) in [5.41, 5.74) is 10.3. The molecule has 1 fully saturated rings. The zero-order chi connectivity index (χ0) is 13.8. The Morgan fingerprint density at radius 2 is 1.84 bits per heavy atom. The molecule has 0 amide bonds. The number of benzene rings is 1. The average Bonchev–Trinajstić information content (AvgIpc) is 2.40. The van der Waals surface area contributed by atoms with E-state index in [0.29, 0.717) is 12.0 Å². The van der Waals surface area contributed by atoms with E-state index < -0.39 is 0 Å². The monoisotopic (exact) mass is 260 g/mol. The van der Waals surface area contributed by atoms with Crippen LogP contribution in [-0.4, -0.2) is 30.6 Å². The summed E-state index contributed by atoms with van der Waals surface area (Å²) >= 11 is 0. The number of nitrogens with zero attached hydrogens (tertiary/aromatic N) is 1. The lowest BCUT2D eigenvalue weighted by molar-refractivity contribution is 0.149. The highest BCUT2D eigenvalue weighted by atomic mass is 15.2. The third-order valence-corrected chi connectivity index (χ3v) is 4.59. The van der Waals surface area contributed by atoms with E-state index >= 15 is 0 Å². The second kappa shape index (κ2) is 6.53. The van der Waals surface area contributed by atoms with Crippen LogP contribution in [0.25, 0.3) is 0 Å². The molecule has 19 heavy (non-hydrogen) atoms. The fourth-order valence-electron chi connectivity index (χ4n) is 3.46. The second-order valence-corrected chi connectivity index (χ2v) is 6.05. The normalized spacial score (nSPS) is 20.2. The molecule has 2 atom stereocenters. The Morgan fingerprint density at radius 3 is 2.42 bits per heavy atom. The van der Waals surface area contributed by atoms with Crippen molar-refractivity contribution in [2.24, 2.45) is 5.73 Å². The van der Waals surface area contributed by atoms with E-state index in [9.17, 15) is 0 Å². The third kappa shape index (κ3) is 3.37. The van der Waals surface area contributed by atoms with Crippen LogP contribution in [0.2, 0.25) is 0 Å². The van der Waals surface area contributed by atoms with Crippen LogP contribution in [0, 0.1) is 13.8 Å². The molecule has 2 rings (SSSR count). The molecule has 1 aromatic rings. The number of hydrogen-bond acceptors (Lipinski definition) is 2. The number of piperidine rings is 1. The molecule has 1 saturated heterocycles. The average molecular weight is 260 g/mol. The zero-order valence-electron chi connectivity index (χ0n) is 12.7. The minimum Gasteiger partial charge on any atom is -0.329 e. The van der Waals surface area contributed by atoms with Crippen LogP contribution >= 0.6 is 0 Å². The van der Waals surface area contributed by atoms with Gasteiger partial charge in [0.25, 0.3) is 0 Å². The molecule has 2 N–H and O–H groups in total. The number of hydrogen-bond donors (Lipinski definition) is 1. The fraction of sp³-hybridized carbons (Fsp3) is 0.647. The molecule has 2 nitrogen and oxygen atoms in total. The first kappa shape index (κ1) is 14.5. The van der Waals surface area contributed by atoms with Gasteiger partial charge in [0.2, 0.25) is 0 Å². The largest absolute Gasteiger partial charge is 0.329 e. The lowest BCUT2D eigenvalue weighted by atomic mass is 9.87. The molecular weight excluding hydrogens is 232 g/mol. The zero-order valence-corrected chi connectivity index (χ0v) is 12.7. The summed E-state index contributed by atoms with van der Waals surface area (Å²) < 4.78 is 0. The summed E-state index contributed by atoms with van der Waals surface area (Å²) in [7, 11) is 0. The van der Waals surface area contributed by atoms with Gasteiger partial charge in [-0.2, -0.15) is 0 Å². The number of likely N-dealkylation sites (tertiary alicyclic amines) is 1. The highest BCUT2D eigenvalue weighted by Crippen LogP contribution is 2.27.